The predicted octanol–water partition coefficient (Wildman–Crippen LogP) is 2.88. The average molecular weight is 225 g/mol. The topological polar surface area (TPSA) is 42.2 Å². The second kappa shape index (κ2) is 4.84. The summed E-state index contributed by atoms with van der Waals surface area (Å²) in [4.78, 5) is 6.65. The minimum absolute atomic E-state index is 0.665. The lowest BCUT2D eigenvalue weighted by molar-refractivity contribution is 0.552. The van der Waals surface area contributed by atoms with Crippen molar-refractivity contribution in [2.24, 2.45) is 0 Å². The summed E-state index contributed by atoms with van der Waals surface area (Å²) in [6, 6.07) is 0.665. The quantitative estimate of drug-likeness (QED) is 0.787. The highest BCUT2D eigenvalue weighted by molar-refractivity contribution is 7.19. The first kappa shape index (κ1) is 10.7. The first-order valence-electron chi connectivity index (χ1n) is 5.71. The molecule has 1 aliphatic carbocycles. The molecule has 0 spiro atoms. The maximum absolute atomic E-state index is 5.71. The van der Waals surface area contributed by atoms with Gasteiger partial charge < -0.3 is 10.6 Å². The van der Waals surface area contributed by atoms with Crippen molar-refractivity contribution in [2.75, 3.05) is 17.7 Å². The van der Waals surface area contributed by atoms with E-state index in [0.717, 1.165) is 10.1 Å². The van der Waals surface area contributed by atoms with E-state index in [1.165, 1.54) is 38.5 Å². The van der Waals surface area contributed by atoms with Crippen LogP contribution in [0.4, 0.5) is 10.1 Å². The molecular formula is C11H19N3S. The first-order chi connectivity index (χ1) is 7.27. The minimum Gasteiger partial charge on any atom is -0.389 e. The highest BCUT2D eigenvalue weighted by Gasteiger charge is 2.18. The Kier molecular flexibility index (Phi) is 3.46. The second-order valence-corrected chi connectivity index (χ2v) is 5.34. The van der Waals surface area contributed by atoms with Crippen LogP contribution in [0.5, 0.6) is 0 Å². The van der Waals surface area contributed by atoms with Crippen molar-refractivity contribution in [2.45, 2.75) is 44.6 Å². The molecular weight excluding hydrogens is 206 g/mol. The lowest BCUT2D eigenvalue weighted by Gasteiger charge is -2.26. The summed E-state index contributed by atoms with van der Waals surface area (Å²) in [7, 11) is 2.15. The number of thiazole rings is 1. The lowest BCUT2D eigenvalue weighted by Crippen LogP contribution is -2.30. The van der Waals surface area contributed by atoms with Crippen LogP contribution < -0.4 is 10.6 Å². The molecule has 1 fully saturated rings. The van der Waals surface area contributed by atoms with Crippen LogP contribution in [0.25, 0.3) is 0 Å². The number of aromatic nitrogens is 1. The third kappa shape index (κ3) is 2.62. The molecule has 1 aromatic heterocycles. The number of rotatable bonds is 2. The fourth-order valence-electron chi connectivity index (χ4n) is 2.24. The van der Waals surface area contributed by atoms with Gasteiger partial charge in [-0.25, -0.2) is 4.98 Å². The van der Waals surface area contributed by atoms with E-state index in [1.54, 1.807) is 17.5 Å². The third-order valence-electron chi connectivity index (χ3n) is 3.19. The van der Waals surface area contributed by atoms with E-state index >= 15 is 0 Å². The van der Waals surface area contributed by atoms with E-state index in [-0.39, 0.29) is 0 Å². The van der Waals surface area contributed by atoms with E-state index in [2.05, 4.69) is 16.9 Å². The molecule has 0 aromatic carbocycles. The van der Waals surface area contributed by atoms with E-state index in [1.807, 2.05) is 0 Å². The van der Waals surface area contributed by atoms with Gasteiger partial charge in [-0.05, 0) is 12.8 Å². The van der Waals surface area contributed by atoms with Crippen LogP contribution in [0, 0.1) is 0 Å². The van der Waals surface area contributed by atoms with Crippen molar-refractivity contribution in [1.29, 1.82) is 0 Å². The summed E-state index contributed by atoms with van der Waals surface area (Å²) in [5.41, 5.74) is 5.71. The fraction of sp³-hybridized carbons (Fsp3) is 0.727. The van der Waals surface area contributed by atoms with Gasteiger partial charge in [-0.2, -0.15) is 0 Å². The number of nitrogens with zero attached hydrogens (tertiary/aromatic N) is 2. The molecule has 4 heteroatoms. The number of hydrogen-bond donors (Lipinski definition) is 1. The van der Waals surface area contributed by atoms with Gasteiger partial charge in [0, 0.05) is 13.1 Å². The molecule has 1 saturated carbocycles. The highest BCUT2D eigenvalue weighted by Crippen LogP contribution is 2.29. The van der Waals surface area contributed by atoms with Gasteiger partial charge in [-0.15, -0.1) is 0 Å². The molecule has 1 aliphatic rings. The van der Waals surface area contributed by atoms with Crippen molar-refractivity contribution in [1.82, 2.24) is 4.98 Å². The normalized spacial score (nSPS) is 18.7. The van der Waals surface area contributed by atoms with Crippen LogP contribution in [0.3, 0.4) is 0 Å². The zero-order chi connectivity index (χ0) is 10.7. The van der Waals surface area contributed by atoms with E-state index in [4.69, 9.17) is 5.73 Å². The van der Waals surface area contributed by atoms with Gasteiger partial charge in [0.2, 0.25) is 0 Å². The zero-order valence-electron chi connectivity index (χ0n) is 9.28. The Morgan fingerprint density at radius 1 is 1.33 bits per heavy atom. The third-order valence-corrected chi connectivity index (χ3v) is 4.10. The smallest absolute Gasteiger partial charge is 0.187 e. The molecule has 0 unspecified atom stereocenters. The second-order valence-electron chi connectivity index (χ2n) is 4.30. The number of anilines is 2. The largest absolute Gasteiger partial charge is 0.389 e. The van der Waals surface area contributed by atoms with E-state index < -0.39 is 0 Å². The zero-order valence-corrected chi connectivity index (χ0v) is 10.1. The van der Waals surface area contributed by atoms with Gasteiger partial charge in [0.05, 0.1) is 6.20 Å². The molecule has 2 rings (SSSR count). The van der Waals surface area contributed by atoms with Gasteiger partial charge in [-0.3, -0.25) is 0 Å². The molecule has 3 nitrogen and oxygen atoms in total. The van der Waals surface area contributed by atoms with Gasteiger partial charge in [0.1, 0.15) is 5.00 Å². The average Bonchev–Trinajstić information content (AvgIpc) is 2.53. The van der Waals surface area contributed by atoms with Gasteiger partial charge >= 0.3 is 0 Å². The standard InChI is InChI=1S/C11H19N3S/c1-14(11-13-8-10(12)15-11)9-6-4-2-3-5-7-9/h8-9H,2-7,12H2,1H3. The van der Waals surface area contributed by atoms with Crippen LogP contribution >= 0.6 is 11.3 Å². The molecule has 0 aliphatic heterocycles. The SMILES string of the molecule is CN(c1ncc(N)s1)C1CCCCCC1. The molecule has 0 amide bonds. The van der Waals surface area contributed by atoms with Gasteiger partial charge in [-0.1, -0.05) is 37.0 Å². The van der Waals surface area contributed by atoms with Gasteiger partial charge in [0.15, 0.2) is 5.13 Å². The number of hydrogen-bond acceptors (Lipinski definition) is 4. The molecule has 15 heavy (non-hydrogen) atoms. The van der Waals surface area contributed by atoms with Crippen molar-refractivity contribution in [3.8, 4) is 0 Å². The summed E-state index contributed by atoms with van der Waals surface area (Å²) in [6.07, 6.45) is 9.86. The molecule has 1 heterocycles. The van der Waals surface area contributed by atoms with Crippen molar-refractivity contribution in [3.63, 3.8) is 0 Å². The van der Waals surface area contributed by atoms with Crippen LogP contribution in [0.2, 0.25) is 0 Å². The van der Waals surface area contributed by atoms with Crippen LogP contribution in [-0.4, -0.2) is 18.1 Å². The fourth-order valence-corrected chi connectivity index (χ4v) is 2.96. The maximum atomic E-state index is 5.71. The van der Waals surface area contributed by atoms with Crippen molar-refractivity contribution in [3.05, 3.63) is 6.20 Å². The summed E-state index contributed by atoms with van der Waals surface area (Å²) in [5.74, 6) is 0. The van der Waals surface area contributed by atoms with Crippen LogP contribution in [0.1, 0.15) is 38.5 Å². The molecule has 0 saturated heterocycles. The Morgan fingerprint density at radius 2 is 2.00 bits per heavy atom. The van der Waals surface area contributed by atoms with E-state index in [9.17, 15) is 0 Å². The van der Waals surface area contributed by atoms with Crippen molar-refractivity contribution >= 4 is 21.5 Å². The maximum Gasteiger partial charge on any atom is 0.187 e. The predicted molar refractivity (Wildman–Crippen MR) is 66.4 cm³/mol. The number of nitrogen functional groups attached to an aromatic ring is 1. The minimum atomic E-state index is 0.665. The summed E-state index contributed by atoms with van der Waals surface area (Å²) in [6.45, 7) is 0. The Morgan fingerprint density at radius 3 is 2.53 bits per heavy atom. The van der Waals surface area contributed by atoms with Crippen LogP contribution in [0.15, 0.2) is 6.20 Å². The lowest BCUT2D eigenvalue weighted by atomic mass is 10.1. The Labute approximate surface area is 95.3 Å². The van der Waals surface area contributed by atoms with E-state index in [0.29, 0.717) is 6.04 Å². The number of nitrogens with two attached hydrogens (primary N) is 1. The van der Waals surface area contributed by atoms with Gasteiger partial charge in [0.25, 0.3) is 0 Å². The highest BCUT2D eigenvalue weighted by atomic mass is 32.1. The summed E-state index contributed by atoms with van der Waals surface area (Å²) >= 11 is 1.59. The molecule has 0 radical (unpaired) electrons. The Hall–Kier alpha value is -0.770. The molecule has 1 aromatic rings. The summed E-state index contributed by atoms with van der Waals surface area (Å²) in [5, 5.41) is 1.88. The van der Waals surface area contributed by atoms with Crippen molar-refractivity contribution < 1.29 is 0 Å². The molecule has 0 atom stereocenters. The summed E-state index contributed by atoms with van der Waals surface area (Å²) < 4.78 is 0. The molecule has 0 bridgehead atoms. The Bertz CT molecular complexity index is 303. The van der Waals surface area contributed by atoms with Crippen LogP contribution in [-0.2, 0) is 0 Å². The Balaban J connectivity index is 2.02. The molecule has 84 valence electrons. The first-order valence-corrected chi connectivity index (χ1v) is 6.53. The molecule has 2 N–H and O–H groups in total. The monoisotopic (exact) mass is 225 g/mol.